The second kappa shape index (κ2) is 9.51. The lowest BCUT2D eigenvalue weighted by molar-refractivity contribution is 0.0942. The summed E-state index contributed by atoms with van der Waals surface area (Å²) in [5, 5.41) is 4.89. The van der Waals surface area contributed by atoms with Gasteiger partial charge in [0.1, 0.15) is 10.6 Å². The molecule has 7 nitrogen and oxygen atoms in total. The van der Waals surface area contributed by atoms with Crippen LogP contribution in [0.25, 0.3) is 0 Å². The van der Waals surface area contributed by atoms with E-state index >= 15 is 0 Å². The summed E-state index contributed by atoms with van der Waals surface area (Å²) in [7, 11) is 1.50. The van der Waals surface area contributed by atoms with Crippen molar-refractivity contribution < 1.29 is 17.9 Å². The fraction of sp³-hybridized carbons (Fsp3) is 0.421. The largest absolute Gasteiger partial charge is 0.495 e. The minimum atomic E-state index is -3.80. The van der Waals surface area contributed by atoms with Crippen LogP contribution in [0, 0.1) is 0 Å². The van der Waals surface area contributed by atoms with Gasteiger partial charge in [-0.15, -0.1) is 11.3 Å². The van der Waals surface area contributed by atoms with Crippen LogP contribution in [0.5, 0.6) is 5.75 Å². The Hall–Kier alpha value is -1.94. The predicted octanol–water partition coefficient (Wildman–Crippen LogP) is 2.48. The number of ether oxygens (including phenoxy) is 1. The minimum absolute atomic E-state index is 0.0352. The highest BCUT2D eigenvalue weighted by Crippen LogP contribution is 2.26. The molecule has 0 bridgehead atoms. The molecular weight excluding hydrogens is 398 g/mol. The number of sulfonamides is 1. The van der Waals surface area contributed by atoms with E-state index in [1.807, 2.05) is 36.5 Å². The number of thiophene rings is 1. The van der Waals surface area contributed by atoms with Crippen LogP contribution in [0.2, 0.25) is 0 Å². The molecule has 1 atom stereocenters. The van der Waals surface area contributed by atoms with Crippen LogP contribution in [-0.2, 0) is 10.0 Å². The first kappa shape index (κ1) is 22.4. The number of amides is 1. The SMILES string of the molecule is COc1ccc(C(=O)NCC(c2cccs2)N(C)C)cc1S(=O)(=O)NC(C)C. The average molecular weight is 426 g/mol. The molecule has 154 valence electrons. The van der Waals surface area contributed by atoms with E-state index in [-0.39, 0.29) is 34.2 Å². The maximum atomic E-state index is 12.7. The molecule has 0 aliphatic carbocycles. The Morgan fingerprint density at radius 3 is 2.50 bits per heavy atom. The number of hydrogen-bond acceptors (Lipinski definition) is 6. The highest BCUT2D eigenvalue weighted by molar-refractivity contribution is 7.89. The Kier molecular flexibility index (Phi) is 7.59. The molecule has 1 heterocycles. The number of nitrogens with zero attached hydrogens (tertiary/aromatic N) is 1. The molecule has 1 aromatic heterocycles. The number of carbonyl (C=O) groups is 1. The van der Waals surface area contributed by atoms with E-state index in [4.69, 9.17) is 4.74 Å². The highest BCUT2D eigenvalue weighted by atomic mass is 32.2. The number of rotatable bonds is 9. The van der Waals surface area contributed by atoms with Crippen LogP contribution >= 0.6 is 11.3 Å². The van der Waals surface area contributed by atoms with Gasteiger partial charge in [-0.2, -0.15) is 0 Å². The first-order valence-corrected chi connectivity index (χ1v) is 11.2. The molecule has 2 N–H and O–H groups in total. The molecular formula is C19H27N3O4S2. The quantitative estimate of drug-likeness (QED) is 0.644. The van der Waals surface area contributed by atoms with E-state index in [1.54, 1.807) is 31.3 Å². The zero-order valence-corrected chi connectivity index (χ0v) is 18.4. The zero-order chi connectivity index (χ0) is 20.9. The number of methoxy groups -OCH3 is 1. The first-order valence-electron chi connectivity index (χ1n) is 8.84. The van der Waals surface area contributed by atoms with Gasteiger partial charge >= 0.3 is 0 Å². The molecule has 0 aliphatic rings. The molecule has 9 heteroatoms. The summed E-state index contributed by atoms with van der Waals surface area (Å²) in [4.78, 5) is 15.8. The first-order chi connectivity index (χ1) is 13.2. The van der Waals surface area contributed by atoms with Gasteiger partial charge in [-0.3, -0.25) is 4.79 Å². The van der Waals surface area contributed by atoms with E-state index in [0.29, 0.717) is 6.54 Å². The Balaban J connectivity index is 2.23. The van der Waals surface area contributed by atoms with Gasteiger partial charge in [-0.1, -0.05) is 6.07 Å². The lowest BCUT2D eigenvalue weighted by Gasteiger charge is -2.23. The fourth-order valence-electron chi connectivity index (χ4n) is 2.71. The van der Waals surface area contributed by atoms with E-state index in [1.165, 1.54) is 19.2 Å². The third-order valence-electron chi connectivity index (χ3n) is 4.06. The maximum absolute atomic E-state index is 12.7. The van der Waals surface area contributed by atoms with Crippen molar-refractivity contribution in [3.8, 4) is 5.75 Å². The molecule has 2 aromatic rings. The van der Waals surface area contributed by atoms with Crippen molar-refractivity contribution in [1.82, 2.24) is 14.9 Å². The summed E-state index contributed by atoms with van der Waals surface area (Å²) in [6.07, 6.45) is 0. The van der Waals surface area contributed by atoms with Gasteiger partial charge in [-0.05, 0) is 57.6 Å². The summed E-state index contributed by atoms with van der Waals surface area (Å²) in [6.45, 7) is 3.86. The lowest BCUT2D eigenvalue weighted by Crippen LogP contribution is -2.34. The highest BCUT2D eigenvalue weighted by Gasteiger charge is 2.23. The second-order valence-corrected chi connectivity index (χ2v) is 9.51. The number of hydrogen-bond donors (Lipinski definition) is 2. The molecule has 0 aliphatic heterocycles. The Morgan fingerprint density at radius 1 is 1.25 bits per heavy atom. The minimum Gasteiger partial charge on any atom is -0.495 e. The smallest absolute Gasteiger partial charge is 0.251 e. The van der Waals surface area contributed by atoms with Crippen molar-refractivity contribution in [3.05, 3.63) is 46.2 Å². The fourth-order valence-corrected chi connectivity index (χ4v) is 5.08. The summed E-state index contributed by atoms with van der Waals surface area (Å²) in [5.41, 5.74) is 0.258. The van der Waals surface area contributed by atoms with E-state index in [9.17, 15) is 13.2 Å². The van der Waals surface area contributed by atoms with Crippen LogP contribution < -0.4 is 14.8 Å². The molecule has 0 radical (unpaired) electrons. The van der Waals surface area contributed by atoms with Crippen molar-refractivity contribution in [2.75, 3.05) is 27.7 Å². The number of nitrogens with one attached hydrogen (secondary N) is 2. The molecule has 1 unspecified atom stereocenters. The standard InChI is InChI=1S/C19H27N3O4S2/c1-13(2)21-28(24,25)18-11-14(8-9-16(18)26-5)19(23)20-12-15(22(3)4)17-7-6-10-27-17/h6-11,13,15,21H,12H2,1-5H3,(H,20,23). The van der Waals surface area contributed by atoms with Gasteiger partial charge in [0.25, 0.3) is 5.91 Å². The third-order valence-corrected chi connectivity index (χ3v) is 6.71. The number of carbonyl (C=O) groups excluding carboxylic acids is 1. The molecule has 0 saturated carbocycles. The van der Waals surface area contributed by atoms with E-state index in [0.717, 1.165) is 4.88 Å². The van der Waals surface area contributed by atoms with Crippen LogP contribution in [-0.4, -0.2) is 53.0 Å². The second-order valence-electron chi connectivity index (χ2n) is 6.85. The molecule has 0 saturated heterocycles. The third kappa shape index (κ3) is 5.54. The summed E-state index contributed by atoms with van der Waals surface area (Å²) >= 11 is 1.63. The van der Waals surface area contributed by atoms with Crippen molar-refractivity contribution in [2.24, 2.45) is 0 Å². The monoisotopic (exact) mass is 425 g/mol. The number of likely N-dealkylation sites (N-methyl/N-ethyl adjacent to an activating group) is 1. The lowest BCUT2D eigenvalue weighted by atomic mass is 10.2. The van der Waals surface area contributed by atoms with Gasteiger partial charge in [0.15, 0.2) is 0 Å². The Bertz CT molecular complexity index is 894. The zero-order valence-electron chi connectivity index (χ0n) is 16.7. The molecule has 0 spiro atoms. The van der Waals surface area contributed by atoms with Crippen LogP contribution in [0.3, 0.4) is 0 Å². The number of benzene rings is 1. The van der Waals surface area contributed by atoms with Crippen molar-refractivity contribution >= 4 is 27.3 Å². The normalized spacial score (nSPS) is 13.0. The molecule has 1 aromatic carbocycles. The Morgan fingerprint density at radius 2 is 1.96 bits per heavy atom. The van der Waals surface area contributed by atoms with E-state index in [2.05, 4.69) is 10.0 Å². The summed E-state index contributed by atoms with van der Waals surface area (Å²) in [5.74, 6) is -0.151. The van der Waals surface area contributed by atoms with Crippen molar-refractivity contribution in [3.63, 3.8) is 0 Å². The van der Waals surface area contributed by atoms with Crippen LogP contribution in [0.4, 0.5) is 0 Å². The summed E-state index contributed by atoms with van der Waals surface area (Å²) in [6, 6.07) is 8.14. The van der Waals surface area contributed by atoms with Gasteiger partial charge in [-0.25, -0.2) is 13.1 Å². The summed E-state index contributed by atoms with van der Waals surface area (Å²) < 4.78 is 32.8. The van der Waals surface area contributed by atoms with Crippen molar-refractivity contribution in [2.45, 2.75) is 30.8 Å². The molecule has 28 heavy (non-hydrogen) atoms. The van der Waals surface area contributed by atoms with Gasteiger partial charge in [0.2, 0.25) is 10.0 Å². The predicted molar refractivity (Wildman–Crippen MR) is 112 cm³/mol. The van der Waals surface area contributed by atoms with E-state index < -0.39 is 10.0 Å². The molecule has 1 amide bonds. The van der Waals surface area contributed by atoms with Gasteiger partial charge < -0.3 is 15.0 Å². The molecule has 2 rings (SSSR count). The van der Waals surface area contributed by atoms with Gasteiger partial charge in [0.05, 0.1) is 13.2 Å². The topological polar surface area (TPSA) is 87.7 Å². The van der Waals surface area contributed by atoms with Crippen molar-refractivity contribution in [1.29, 1.82) is 0 Å². The average Bonchev–Trinajstić information content (AvgIpc) is 3.14. The van der Waals surface area contributed by atoms with Gasteiger partial charge in [0, 0.05) is 23.0 Å². The Labute approximate surface area is 170 Å². The van der Waals surface area contributed by atoms with Crippen LogP contribution in [0.15, 0.2) is 40.6 Å². The molecule has 0 fully saturated rings. The van der Waals surface area contributed by atoms with Crippen LogP contribution in [0.1, 0.15) is 35.1 Å². The maximum Gasteiger partial charge on any atom is 0.251 e.